The van der Waals surface area contributed by atoms with Gasteiger partial charge in [-0.1, -0.05) is 25.4 Å². The monoisotopic (exact) mass is 357 g/mol. The van der Waals surface area contributed by atoms with Gasteiger partial charge in [0.2, 0.25) is 0 Å². The van der Waals surface area contributed by atoms with Gasteiger partial charge < -0.3 is 14.5 Å². The number of pyridine rings is 1. The number of fused-ring (bicyclic) bond motifs is 1. The Morgan fingerprint density at radius 2 is 1.88 bits per heavy atom. The predicted octanol–water partition coefficient (Wildman–Crippen LogP) is 3.90. The maximum absolute atomic E-state index is 12.7. The molecule has 0 bridgehead atoms. The van der Waals surface area contributed by atoms with Crippen LogP contribution in [-0.2, 0) is 13.6 Å². The van der Waals surface area contributed by atoms with Crippen LogP contribution in [0, 0.1) is 5.92 Å². The third kappa shape index (κ3) is 3.46. The molecule has 3 rings (SSSR count). The summed E-state index contributed by atoms with van der Waals surface area (Å²) in [6.07, 6.45) is 1.78. The Morgan fingerprint density at radius 3 is 2.52 bits per heavy atom. The average molecular weight is 358 g/mol. The van der Waals surface area contributed by atoms with E-state index in [9.17, 15) is 9.59 Å². The van der Waals surface area contributed by atoms with Crippen molar-refractivity contribution in [3.8, 4) is 0 Å². The van der Waals surface area contributed by atoms with Crippen molar-refractivity contribution in [2.75, 3.05) is 5.32 Å². The van der Waals surface area contributed by atoms with Crippen LogP contribution in [0.2, 0.25) is 5.02 Å². The summed E-state index contributed by atoms with van der Waals surface area (Å²) in [5.74, 6) is 0.0994. The molecule has 0 atom stereocenters. The lowest BCUT2D eigenvalue weighted by atomic mass is 10.2. The van der Waals surface area contributed by atoms with E-state index in [1.807, 2.05) is 6.07 Å². The fourth-order valence-corrected chi connectivity index (χ4v) is 2.98. The van der Waals surface area contributed by atoms with Gasteiger partial charge >= 0.3 is 0 Å². The van der Waals surface area contributed by atoms with E-state index < -0.39 is 0 Å². The summed E-state index contributed by atoms with van der Waals surface area (Å²) in [5.41, 5.74) is 1.75. The maximum Gasteiger partial charge on any atom is 0.272 e. The van der Waals surface area contributed by atoms with Gasteiger partial charge in [-0.3, -0.25) is 9.59 Å². The molecule has 3 aromatic rings. The largest absolute Gasteiger partial charge is 0.339 e. The highest BCUT2D eigenvalue weighted by atomic mass is 35.5. The fraction of sp³-hybridized carbons (Fsp3) is 0.263. The van der Waals surface area contributed by atoms with Gasteiger partial charge in [0.25, 0.3) is 11.5 Å². The average Bonchev–Trinajstić information content (AvgIpc) is 2.90. The molecular formula is C19H20ClN3O2. The summed E-state index contributed by atoms with van der Waals surface area (Å²) in [4.78, 5) is 25.2. The summed E-state index contributed by atoms with van der Waals surface area (Å²) in [6, 6.07) is 10.4. The molecule has 1 N–H and O–H groups in total. The third-order valence-electron chi connectivity index (χ3n) is 4.08. The minimum atomic E-state index is -0.268. The van der Waals surface area contributed by atoms with Gasteiger partial charge in [0.1, 0.15) is 5.69 Å². The van der Waals surface area contributed by atoms with Gasteiger partial charge in [-0.2, -0.15) is 0 Å². The topological polar surface area (TPSA) is 56.0 Å². The number of rotatable bonds is 4. The molecule has 0 unspecified atom stereocenters. The molecule has 6 heteroatoms. The quantitative estimate of drug-likeness (QED) is 0.769. The number of hydrogen-bond donors (Lipinski definition) is 1. The Bertz CT molecular complexity index is 984. The molecular weight excluding hydrogens is 338 g/mol. The van der Waals surface area contributed by atoms with Crippen LogP contribution in [0.5, 0.6) is 0 Å². The van der Waals surface area contributed by atoms with E-state index in [2.05, 4.69) is 19.2 Å². The van der Waals surface area contributed by atoms with Crippen molar-refractivity contribution >= 4 is 34.1 Å². The smallest absolute Gasteiger partial charge is 0.272 e. The molecule has 1 aromatic carbocycles. The molecule has 0 spiro atoms. The normalized spacial score (nSPS) is 11.2. The third-order valence-corrected chi connectivity index (χ3v) is 4.33. The van der Waals surface area contributed by atoms with Crippen molar-refractivity contribution in [3.63, 3.8) is 0 Å². The molecule has 25 heavy (non-hydrogen) atoms. The van der Waals surface area contributed by atoms with Crippen LogP contribution in [0.15, 0.2) is 47.4 Å². The Morgan fingerprint density at radius 1 is 1.20 bits per heavy atom. The minimum absolute atomic E-state index is 0.0765. The summed E-state index contributed by atoms with van der Waals surface area (Å²) in [5, 5.41) is 3.98. The van der Waals surface area contributed by atoms with Gasteiger partial charge in [0, 0.05) is 30.5 Å². The van der Waals surface area contributed by atoms with Crippen LogP contribution in [-0.4, -0.2) is 15.0 Å². The molecule has 0 fully saturated rings. The predicted molar refractivity (Wildman–Crippen MR) is 101 cm³/mol. The number of hydrogen-bond acceptors (Lipinski definition) is 2. The first-order valence-electron chi connectivity index (χ1n) is 8.12. The van der Waals surface area contributed by atoms with Crippen molar-refractivity contribution in [2.24, 2.45) is 13.0 Å². The molecule has 0 aliphatic carbocycles. The number of benzene rings is 1. The first kappa shape index (κ1) is 17.3. The number of carbonyl (C=O) groups is 1. The lowest BCUT2D eigenvalue weighted by Crippen LogP contribution is -2.21. The SMILES string of the molecule is CC(C)Cn1ccc2c(cc(C(=O)Nc3ccc(Cl)cc3)n2C)c1=O. The number of halogens is 1. The van der Waals surface area contributed by atoms with Crippen molar-refractivity contribution in [2.45, 2.75) is 20.4 Å². The summed E-state index contributed by atoms with van der Waals surface area (Å²) >= 11 is 5.86. The van der Waals surface area contributed by atoms with Crippen molar-refractivity contribution in [1.29, 1.82) is 0 Å². The second-order valence-corrected chi connectivity index (χ2v) is 6.95. The van der Waals surface area contributed by atoms with Crippen LogP contribution < -0.4 is 10.9 Å². The highest BCUT2D eigenvalue weighted by Crippen LogP contribution is 2.18. The second-order valence-electron chi connectivity index (χ2n) is 6.52. The van der Waals surface area contributed by atoms with Crippen molar-refractivity contribution in [3.05, 3.63) is 63.7 Å². The van der Waals surface area contributed by atoms with Crippen LogP contribution in [0.1, 0.15) is 24.3 Å². The van der Waals surface area contributed by atoms with Crippen LogP contribution in [0.3, 0.4) is 0 Å². The number of anilines is 1. The lowest BCUT2D eigenvalue weighted by Gasteiger charge is -2.09. The summed E-state index contributed by atoms with van der Waals surface area (Å²) < 4.78 is 3.43. The molecule has 0 radical (unpaired) electrons. The van der Waals surface area contributed by atoms with Gasteiger partial charge in [0.05, 0.1) is 10.9 Å². The maximum atomic E-state index is 12.7. The van der Waals surface area contributed by atoms with E-state index in [0.29, 0.717) is 34.3 Å². The molecule has 2 aromatic heterocycles. The summed E-state index contributed by atoms with van der Waals surface area (Å²) in [6.45, 7) is 4.77. The van der Waals surface area contributed by atoms with E-state index in [1.54, 1.807) is 52.7 Å². The van der Waals surface area contributed by atoms with Crippen molar-refractivity contribution < 1.29 is 4.79 Å². The van der Waals surface area contributed by atoms with E-state index in [4.69, 9.17) is 11.6 Å². The highest BCUT2D eigenvalue weighted by Gasteiger charge is 2.16. The minimum Gasteiger partial charge on any atom is -0.339 e. The zero-order chi connectivity index (χ0) is 18.1. The molecule has 0 saturated carbocycles. The molecule has 0 saturated heterocycles. The van der Waals surface area contributed by atoms with Crippen LogP contribution >= 0.6 is 11.6 Å². The number of aryl methyl sites for hydroxylation is 1. The van der Waals surface area contributed by atoms with Gasteiger partial charge in [-0.05, 0) is 42.3 Å². The first-order valence-corrected chi connectivity index (χ1v) is 8.50. The molecule has 5 nitrogen and oxygen atoms in total. The van der Waals surface area contributed by atoms with E-state index in [0.717, 1.165) is 5.52 Å². The number of nitrogens with zero attached hydrogens (tertiary/aromatic N) is 2. The van der Waals surface area contributed by atoms with Crippen LogP contribution in [0.4, 0.5) is 5.69 Å². The Balaban J connectivity index is 1.97. The Labute approximate surface area is 150 Å². The van der Waals surface area contributed by atoms with Gasteiger partial charge in [-0.15, -0.1) is 0 Å². The number of amides is 1. The van der Waals surface area contributed by atoms with E-state index in [-0.39, 0.29) is 11.5 Å². The van der Waals surface area contributed by atoms with Crippen molar-refractivity contribution in [1.82, 2.24) is 9.13 Å². The Kier molecular flexibility index (Phi) is 4.68. The van der Waals surface area contributed by atoms with Gasteiger partial charge in [0.15, 0.2) is 0 Å². The second kappa shape index (κ2) is 6.76. The van der Waals surface area contributed by atoms with Crippen LogP contribution in [0.25, 0.3) is 10.9 Å². The number of aromatic nitrogens is 2. The molecule has 0 aliphatic heterocycles. The highest BCUT2D eigenvalue weighted by molar-refractivity contribution is 6.30. The summed E-state index contributed by atoms with van der Waals surface area (Å²) in [7, 11) is 1.78. The lowest BCUT2D eigenvalue weighted by molar-refractivity contribution is 0.102. The standard InChI is InChI=1S/C19H20ClN3O2/c1-12(2)11-23-9-8-16-15(19(23)25)10-17(22(16)3)18(24)21-14-6-4-13(20)5-7-14/h4-10,12H,11H2,1-3H3,(H,21,24). The van der Waals surface area contributed by atoms with Gasteiger partial charge in [-0.25, -0.2) is 0 Å². The molecule has 0 aliphatic rings. The first-order chi connectivity index (χ1) is 11.9. The molecule has 130 valence electrons. The fourth-order valence-electron chi connectivity index (χ4n) is 2.86. The van der Waals surface area contributed by atoms with E-state index in [1.165, 1.54) is 0 Å². The number of nitrogens with one attached hydrogen (secondary N) is 1. The Hall–Kier alpha value is -2.53. The number of carbonyl (C=O) groups excluding carboxylic acids is 1. The molecule has 1 amide bonds. The molecule has 2 heterocycles. The zero-order valence-electron chi connectivity index (χ0n) is 14.4. The van der Waals surface area contributed by atoms with E-state index >= 15 is 0 Å². The zero-order valence-corrected chi connectivity index (χ0v) is 15.2.